The van der Waals surface area contributed by atoms with E-state index in [1.54, 1.807) is 24.3 Å². The Morgan fingerprint density at radius 3 is 2.33 bits per heavy atom. The second-order valence-corrected chi connectivity index (χ2v) is 7.53. The molecule has 0 aliphatic carbocycles. The zero-order valence-corrected chi connectivity index (χ0v) is 16.9. The molecule has 150 valence electrons. The minimum absolute atomic E-state index is 0.128. The molecule has 0 aliphatic rings. The van der Waals surface area contributed by atoms with Crippen molar-refractivity contribution >= 4 is 40.0 Å². The maximum atomic E-state index is 12.6. The van der Waals surface area contributed by atoms with E-state index in [4.69, 9.17) is 17.3 Å². The number of nitrogens with one attached hydrogen (secondary N) is 1. The molecule has 1 aromatic heterocycles. The molecule has 0 atom stereocenters. The van der Waals surface area contributed by atoms with Crippen molar-refractivity contribution in [2.45, 2.75) is 13.0 Å². The minimum Gasteiger partial charge on any atom is -0.366 e. The zero-order chi connectivity index (χ0) is 21.1. The Kier molecular flexibility index (Phi) is 5.55. The number of aromatic nitrogens is 1. The lowest BCUT2D eigenvalue weighted by Gasteiger charge is -2.06. The van der Waals surface area contributed by atoms with E-state index in [1.165, 1.54) is 0 Å². The number of primary amides is 1. The summed E-state index contributed by atoms with van der Waals surface area (Å²) in [5, 5.41) is 4.62. The molecule has 0 bridgehead atoms. The first-order chi connectivity index (χ1) is 14.5. The molecular weight excluding hydrogens is 398 g/mol. The molecule has 0 radical (unpaired) electrons. The summed E-state index contributed by atoms with van der Waals surface area (Å²) < 4.78 is 2.14. The number of rotatable bonds is 6. The van der Waals surface area contributed by atoms with Crippen LogP contribution in [0.4, 0.5) is 5.69 Å². The van der Waals surface area contributed by atoms with Gasteiger partial charge in [-0.15, -0.1) is 0 Å². The molecule has 1 heterocycles. The highest BCUT2D eigenvalue weighted by atomic mass is 35.5. The number of hydrogen-bond acceptors (Lipinski definition) is 2. The Balaban J connectivity index is 1.54. The Hall–Kier alpha value is -3.57. The van der Waals surface area contributed by atoms with E-state index >= 15 is 0 Å². The second kappa shape index (κ2) is 8.43. The average Bonchev–Trinajstić information content (AvgIpc) is 3.07. The molecular formula is C24H20ClN3O2. The third kappa shape index (κ3) is 4.36. The lowest BCUT2D eigenvalue weighted by Crippen LogP contribution is -2.15. The summed E-state index contributed by atoms with van der Waals surface area (Å²) in [6, 6.07) is 22.3. The lowest BCUT2D eigenvalue weighted by atomic mass is 10.1. The van der Waals surface area contributed by atoms with E-state index in [0.29, 0.717) is 22.8 Å². The molecule has 30 heavy (non-hydrogen) atoms. The van der Waals surface area contributed by atoms with Gasteiger partial charge in [0.25, 0.3) is 0 Å². The van der Waals surface area contributed by atoms with Crippen LogP contribution in [0, 0.1) is 0 Å². The largest absolute Gasteiger partial charge is 0.366 e. The maximum absolute atomic E-state index is 12.6. The third-order valence-electron chi connectivity index (χ3n) is 4.94. The highest BCUT2D eigenvalue weighted by Gasteiger charge is 2.13. The van der Waals surface area contributed by atoms with Crippen LogP contribution in [0.1, 0.15) is 21.5 Å². The van der Waals surface area contributed by atoms with Crippen LogP contribution in [0.15, 0.2) is 79.0 Å². The number of amides is 2. The Morgan fingerprint density at radius 1 is 0.933 bits per heavy atom. The van der Waals surface area contributed by atoms with Crippen LogP contribution in [0.25, 0.3) is 10.9 Å². The number of halogens is 1. The van der Waals surface area contributed by atoms with Crippen molar-refractivity contribution in [2.24, 2.45) is 5.73 Å². The van der Waals surface area contributed by atoms with Gasteiger partial charge < -0.3 is 15.6 Å². The smallest absolute Gasteiger partial charge is 0.248 e. The van der Waals surface area contributed by atoms with Gasteiger partial charge in [-0.25, -0.2) is 0 Å². The molecule has 0 saturated heterocycles. The maximum Gasteiger partial charge on any atom is 0.248 e. The van der Waals surface area contributed by atoms with E-state index < -0.39 is 5.91 Å². The van der Waals surface area contributed by atoms with Crippen molar-refractivity contribution < 1.29 is 9.59 Å². The van der Waals surface area contributed by atoms with Gasteiger partial charge in [0, 0.05) is 39.9 Å². The highest BCUT2D eigenvalue weighted by molar-refractivity contribution is 6.30. The monoisotopic (exact) mass is 417 g/mol. The number of anilines is 1. The number of para-hydroxylation sites is 1. The van der Waals surface area contributed by atoms with Crippen molar-refractivity contribution in [1.29, 1.82) is 0 Å². The van der Waals surface area contributed by atoms with Gasteiger partial charge in [0.1, 0.15) is 0 Å². The number of nitrogens with two attached hydrogens (primary N) is 1. The van der Waals surface area contributed by atoms with Gasteiger partial charge in [0.05, 0.1) is 6.42 Å². The van der Waals surface area contributed by atoms with E-state index in [2.05, 4.69) is 16.0 Å². The summed E-state index contributed by atoms with van der Waals surface area (Å²) in [5.74, 6) is -0.627. The number of hydrogen-bond donors (Lipinski definition) is 2. The third-order valence-corrected chi connectivity index (χ3v) is 5.19. The van der Waals surface area contributed by atoms with Crippen molar-refractivity contribution in [3.63, 3.8) is 0 Å². The normalized spacial score (nSPS) is 10.8. The fourth-order valence-corrected chi connectivity index (χ4v) is 3.60. The summed E-state index contributed by atoms with van der Waals surface area (Å²) in [4.78, 5) is 23.8. The fourth-order valence-electron chi connectivity index (χ4n) is 3.48. The molecule has 0 aliphatic heterocycles. The molecule has 0 saturated carbocycles. The summed E-state index contributed by atoms with van der Waals surface area (Å²) in [7, 11) is 0. The molecule has 2 amide bonds. The standard InChI is InChI=1S/C24H20ClN3O2/c25-19-9-5-16(6-10-19)14-28-15-18(21-3-1-2-4-22(21)28)13-23(29)27-20-11-7-17(8-12-20)24(26)30/h1-12,15H,13-14H2,(H2,26,30)(H,27,29). The molecule has 5 nitrogen and oxygen atoms in total. The van der Waals surface area contributed by atoms with Crippen LogP contribution >= 0.6 is 11.6 Å². The van der Waals surface area contributed by atoms with E-state index in [-0.39, 0.29) is 12.3 Å². The summed E-state index contributed by atoms with van der Waals surface area (Å²) in [6.07, 6.45) is 2.26. The number of benzene rings is 3. The van der Waals surface area contributed by atoms with Crippen LogP contribution in [0.2, 0.25) is 5.02 Å². The zero-order valence-electron chi connectivity index (χ0n) is 16.1. The van der Waals surface area contributed by atoms with Gasteiger partial charge in [-0.2, -0.15) is 0 Å². The molecule has 0 spiro atoms. The number of carbonyl (C=O) groups excluding carboxylic acids is 2. The van der Waals surface area contributed by atoms with Crippen molar-refractivity contribution in [3.05, 3.63) is 101 Å². The fraction of sp³-hybridized carbons (Fsp3) is 0.0833. The summed E-state index contributed by atoms with van der Waals surface area (Å²) >= 11 is 5.99. The van der Waals surface area contributed by atoms with Gasteiger partial charge in [0.15, 0.2) is 0 Å². The SMILES string of the molecule is NC(=O)c1ccc(NC(=O)Cc2cn(Cc3ccc(Cl)cc3)c3ccccc23)cc1. The van der Waals surface area contributed by atoms with E-state index in [1.807, 2.05) is 48.7 Å². The molecule has 0 fully saturated rings. The molecule has 0 unspecified atom stereocenters. The molecule has 3 N–H and O–H groups in total. The average molecular weight is 418 g/mol. The van der Waals surface area contributed by atoms with Crippen molar-refractivity contribution in [2.75, 3.05) is 5.32 Å². The van der Waals surface area contributed by atoms with Crippen LogP contribution < -0.4 is 11.1 Å². The first-order valence-electron chi connectivity index (χ1n) is 9.50. The quantitative estimate of drug-likeness (QED) is 0.480. The number of carbonyl (C=O) groups is 2. The lowest BCUT2D eigenvalue weighted by molar-refractivity contribution is -0.115. The number of fused-ring (bicyclic) bond motifs is 1. The van der Waals surface area contributed by atoms with Crippen molar-refractivity contribution in [3.8, 4) is 0 Å². The Labute approximate surface area is 179 Å². The van der Waals surface area contributed by atoms with Crippen LogP contribution in [0.5, 0.6) is 0 Å². The first kappa shape index (κ1) is 19.7. The van der Waals surface area contributed by atoms with E-state index in [0.717, 1.165) is 22.0 Å². The minimum atomic E-state index is -0.499. The molecule has 4 aromatic rings. The number of nitrogens with zero attached hydrogens (tertiary/aromatic N) is 1. The van der Waals surface area contributed by atoms with E-state index in [9.17, 15) is 9.59 Å². The van der Waals surface area contributed by atoms with Gasteiger partial charge in [-0.3, -0.25) is 9.59 Å². The summed E-state index contributed by atoms with van der Waals surface area (Å²) in [5.41, 5.74) is 9.42. The van der Waals surface area contributed by atoms with Crippen LogP contribution in [-0.2, 0) is 17.8 Å². The van der Waals surface area contributed by atoms with Gasteiger partial charge in [-0.1, -0.05) is 41.9 Å². The molecule has 4 rings (SSSR count). The molecule has 3 aromatic carbocycles. The first-order valence-corrected chi connectivity index (χ1v) is 9.88. The summed E-state index contributed by atoms with van der Waals surface area (Å²) in [6.45, 7) is 0.688. The predicted octanol–water partition coefficient (Wildman–Crippen LogP) is 4.62. The molecule has 6 heteroatoms. The van der Waals surface area contributed by atoms with Crippen molar-refractivity contribution in [1.82, 2.24) is 4.57 Å². The Bertz CT molecular complexity index is 1210. The van der Waals surface area contributed by atoms with Crippen LogP contribution in [0.3, 0.4) is 0 Å². The Morgan fingerprint density at radius 2 is 1.63 bits per heavy atom. The van der Waals surface area contributed by atoms with Crippen LogP contribution in [-0.4, -0.2) is 16.4 Å². The topological polar surface area (TPSA) is 77.1 Å². The van der Waals surface area contributed by atoms with Gasteiger partial charge >= 0.3 is 0 Å². The highest BCUT2D eigenvalue weighted by Crippen LogP contribution is 2.24. The second-order valence-electron chi connectivity index (χ2n) is 7.09. The predicted molar refractivity (Wildman–Crippen MR) is 120 cm³/mol. The van der Waals surface area contributed by atoms with Gasteiger partial charge in [0.2, 0.25) is 11.8 Å². The van der Waals surface area contributed by atoms with Gasteiger partial charge in [-0.05, 0) is 53.6 Å².